The van der Waals surface area contributed by atoms with Crippen molar-refractivity contribution in [3.8, 4) is 11.4 Å². The molecule has 4 heterocycles. The molecule has 32 heavy (non-hydrogen) atoms. The molecular weight excluding hydrogens is 404 g/mol. The van der Waals surface area contributed by atoms with Crippen molar-refractivity contribution in [3.63, 3.8) is 0 Å². The number of piperidine rings is 1. The number of nitrogens with one attached hydrogen (secondary N) is 1. The van der Waals surface area contributed by atoms with E-state index in [1.54, 1.807) is 4.90 Å². The highest BCUT2D eigenvalue weighted by Gasteiger charge is 2.26. The topological polar surface area (TPSA) is 75.4 Å². The number of aryl methyl sites for hydroxylation is 2. The van der Waals surface area contributed by atoms with E-state index in [0.717, 1.165) is 36.7 Å². The van der Waals surface area contributed by atoms with Gasteiger partial charge in [-0.1, -0.05) is 6.42 Å². The summed E-state index contributed by atoms with van der Waals surface area (Å²) in [5.74, 6) is 1.000. The van der Waals surface area contributed by atoms with Crippen molar-refractivity contribution in [3.05, 3.63) is 24.4 Å². The molecule has 0 radical (unpaired) electrons. The molecule has 1 fully saturated rings. The molecule has 1 N–H and O–H groups in total. The standard InChI is InChI=1S/C24H36N6O2/c1-19-8-3-4-14-28(19)15-7-12-25-22(31)10-6-16-29-23-18-20(21-9-5-13-27(21)2)26-30(23)17-11-24(29)32/h5,9,13,18-19H,3-4,6-8,10-12,14-17H2,1-2H3,(H,25,31)/t19-/m1/s1. The normalized spacial score (nSPS) is 19.2. The Balaban J connectivity index is 1.23. The Morgan fingerprint density at radius 2 is 2.09 bits per heavy atom. The minimum atomic E-state index is 0.0687. The zero-order valence-electron chi connectivity index (χ0n) is 19.4. The first-order chi connectivity index (χ1) is 15.5. The van der Waals surface area contributed by atoms with Crippen LogP contribution in [0.3, 0.4) is 0 Å². The summed E-state index contributed by atoms with van der Waals surface area (Å²) in [6.07, 6.45) is 8.41. The van der Waals surface area contributed by atoms with Crippen LogP contribution in [-0.4, -0.2) is 63.3 Å². The van der Waals surface area contributed by atoms with Crippen LogP contribution in [0.25, 0.3) is 11.4 Å². The van der Waals surface area contributed by atoms with Gasteiger partial charge in [0, 0.05) is 57.8 Å². The summed E-state index contributed by atoms with van der Waals surface area (Å²) in [4.78, 5) is 29.2. The first-order valence-corrected chi connectivity index (χ1v) is 12.0. The second kappa shape index (κ2) is 10.3. The molecular formula is C24H36N6O2. The van der Waals surface area contributed by atoms with Gasteiger partial charge in [0.05, 0.1) is 12.2 Å². The molecule has 0 aliphatic carbocycles. The maximum Gasteiger partial charge on any atom is 0.229 e. The average molecular weight is 441 g/mol. The van der Waals surface area contributed by atoms with Crippen LogP contribution in [0.5, 0.6) is 0 Å². The number of amides is 2. The van der Waals surface area contributed by atoms with Crippen LogP contribution in [0, 0.1) is 0 Å². The van der Waals surface area contributed by atoms with Crippen molar-refractivity contribution in [2.24, 2.45) is 7.05 Å². The van der Waals surface area contributed by atoms with Crippen LogP contribution in [0.2, 0.25) is 0 Å². The molecule has 2 aromatic rings. The number of likely N-dealkylation sites (tertiary alicyclic amines) is 1. The quantitative estimate of drug-likeness (QED) is 0.609. The summed E-state index contributed by atoms with van der Waals surface area (Å²) in [5, 5.41) is 7.74. The number of nitrogens with zero attached hydrogens (tertiary/aromatic N) is 5. The molecule has 1 atom stereocenters. The molecule has 2 aromatic heterocycles. The van der Waals surface area contributed by atoms with Crippen molar-refractivity contribution >= 4 is 17.6 Å². The van der Waals surface area contributed by atoms with Gasteiger partial charge in [0.2, 0.25) is 11.8 Å². The highest BCUT2D eigenvalue weighted by Crippen LogP contribution is 2.28. The van der Waals surface area contributed by atoms with Crippen LogP contribution >= 0.6 is 0 Å². The maximum atomic E-state index is 12.6. The van der Waals surface area contributed by atoms with Crippen LogP contribution in [0.1, 0.15) is 51.9 Å². The van der Waals surface area contributed by atoms with Crippen molar-refractivity contribution < 1.29 is 9.59 Å². The summed E-state index contributed by atoms with van der Waals surface area (Å²) < 4.78 is 3.93. The summed E-state index contributed by atoms with van der Waals surface area (Å²) in [6.45, 7) is 6.39. The summed E-state index contributed by atoms with van der Waals surface area (Å²) in [5.41, 5.74) is 1.89. The van der Waals surface area contributed by atoms with E-state index in [9.17, 15) is 9.59 Å². The molecule has 4 rings (SSSR count). The van der Waals surface area contributed by atoms with Crippen LogP contribution in [0.4, 0.5) is 5.82 Å². The smallest absolute Gasteiger partial charge is 0.229 e. The monoisotopic (exact) mass is 440 g/mol. The molecule has 0 unspecified atom stereocenters. The minimum Gasteiger partial charge on any atom is -0.356 e. The Morgan fingerprint density at radius 1 is 1.22 bits per heavy atom. The van der Waals surface area contributed by atoms with Crippen LogP contribution < -0.4 is 10.2 Å². The fourth-order valence-corrected chi connectivity index (χ4v) is 4.83. The third-order valence-corrected chi connectivity index (χ3v) is 6.75. The molecule has 0 bridgehead atoms. The SMILES string of the molecule is C[C@@H]1CCCCN1CCCNC(=O)CCCN1C(=O)CCn2nc(-c3cccn3C)cc21. The zero-order valence-corrected chi connectivity index (χ0v) is 19.4. The lowest BCUT2D eigenvalue weighted by molar-refractivity contribution is -0.122. The number of rotatable bonds is 9. The number of fused-ring (bicyclic) bond motifs is 1. The van der Waals surface area contributed by atoms with E-state index in [2.05, 4.69) is 17.1 Å². The highest BCUT2D eigenvalue weighted by molar-refractivity contribution is 5.94. The van der Waals surface area contributed by atoms with E-state index in [1.165, 1.54) is 25.8 Å². The van der Waals surface area contributed by atoms with Gasteiger partial charge in [0.15, 0.2) is 0 Å². The van der Waals surface area contributed by atoms with Crippen molar-refractivity contribution in [2.75, 3.05) is 31.1 Å². The van der Waals surface area contributed by atoms with E-state index in [0.29, 0.717) is 38.4 Å². The maximum absolute atomic E-state index is 12.6. The van der Waals surface area contributed by atoms with E-state index in [4.69, 9.17) is 5.10 Å². The number of hydrogen-bond acceptors (Lipinski definition) is 4. The second-order valence-electron chi connectivity index (χ2n) is 9.10. The molecule has 0 aromatic carbocycles. The average Bonchev–Trinajstić information content (AvgIpc) is 3.40. The fraction of sp³-hybridized carbons (Fsp3) is 0.625. The van der Waals surface area contributed by atoms with Crippen molar-refractivity contribution in [1.29, 1.82) is 0 Å². The zero-order chi connectivity index (χ0) is 22.5. The van der Waals surface area contributed by atoms with Gasteiger partial charge in [-0.3, -0.25) is 14.5 Å². The van der Waals surface area contributed by atoms with E-state index in [-0.39, 0.29) is 11.8 Å². The van der Waals surface area contributed by atoms with Gasteiger partial charge < -0.3 is 14.8 Å². The molecule has 2 aliphatic rings. The lowest BCUT2D eigenvalue weighted by Crippen LogP contribution is -2.39. The molecule has 8 nitrogen and oxygen atoms in total. The molecule has 0 saturated carbocycles. The third-order valence-electron chi connectivity index (χ3n) is 6.75. The molecule has 2 amide bonds. The van der Waals surface area contributed by atoms with Gasteiger partial charge in [0.1, 0.15) is 11.5 Å². The number of anilines is 1. The first kappa shape index (κ1) is 22.6. The molecule has 2 aliphatic heterocycles. The Kier molecular flexibility index (Phi) is 7.29. The minimum absolute atomic E-state index is 0.0687. The van der Waals surface area contributed by atoms with Crippen molar-refractivity contribution in [2.45, 2.75) is 64.5 Å². The fourth-order valence-electron chi connectivity index (χ4n) is 4.83. The number of carbonyl (C=O) groups excluding carboxylic acids is 2. The number of hydrogen-bond donors (Lipinski definition) is 1. The Bertz CT molecular complexity index is 933. The van der Waals surface area contributed by atoms with E-state index in [1.807, 2.05) is 40.7 Å². The predicted octanol–water partition coefficient (Wildman–Crippen LogP) is 2.79. The van der Waals surface area contributed by atoms with E-state index >= 15 is 0 Å². The molecule has 0 spiro atoms. The third kappa shape index (κ3) is 5.23. The Hall–Kier alpha value is -2.61. The number of carbonyl (C=O) groups is 2. The second-order valence-corrected chi connectivity index (χ2v) is 9.10. The Morgan fingerprint density at radius 3 is 2.88 bits per heavy atom. The van der Waals surface area contributed by atoms with Crippen LogP contribution in [0.15, 0.2) is 24.4 Å². The largest absolute Gasteiger partial charge is 0.356 e. The predicted molar refractivity (Wildman–Crippen MR) is 125 cm³/mol. The lowest BCUT2D eigenvalue weighted by atomic mass is 10.0. The van der Waals surface area contributed by atoms with Gasteiger partial charge in [-0.05, 0) is 51.3 Å². The number of aromatic nitrogens is 3. The summed E-state index contributed by atoms with van der Waals surface area (Å²) >= 11 is 0. The first-order valence-electron chi connectivity index (χ1n) is 12.0. The van der Waals surface area contributed by atoms with Crippen LogP contribution in [-0.2, 0) is 23.2 Å². The van der Waals surface area contributed by atoms with Crippen molar-refractivity contribution in [1.82, 2.24) is 24.6 Å². The summed E-state index contributed by atoms with van der Waals surface area (Å²) in [6, 6.07) is 6.66. The van der Waals surface area contributed by atoms with Gasteiger partial charge in [-0.25, -0.2) is 4.68 Å². The molecule has 1 saturated heterocycles. The summed E-state index contributed by atoms with van der Waals surface area (Å²) in [7, 11) is 1.99. The van der Waals surface area contributed by atoms with Gasteiger partial charge in [0.25, 0.3) is 0 Å². The highest BCUT2D eigenvalue weighted by atomic mass is 16.2. The van der Waals surface area contributed by atoms with E-state index < -0.39 is 0 Å². The van der Waals surface area contributed by atoms with Gasteiger partial charge in [-0.15, -0.1) is 0 Å². The molecule has 8 heteroatoms. The van der Waals surface area contributed by atoms with Gasteiger partial charge in [-0.2, -0.15) is 5.10 Å². The Labute approximate surface area is 190 Å². The van der Waals surface area contributed by atoms with Gasteiger partial charge >= 0.3 is 0 Å². The lowest BCUT2D eigenvalue weighted by Gasteiger charge is -2.33. The molecule has 174 valence electrons.